The van der Waals surface area contributed by atoms with E-state index in [-0.39, 0.29) is 5.91 Å². The van der Waals surface area contributed by atoms with Crippen LogP contribution in [0.2, 0.25) is 5.02 Å². The minimum absolute atomic E-state index is 0.336. The number of likely N-dealkylation sites (N-methyl/N-ethyl adjacent to an activating group) is 1. The smallest absolute Gasteiger partial charge is 0.253 e. The first-order valence-electron chi connectivity index (χ1n) is 5.06. The van der Waals surface area contributed by atoms with Gasteiger partial charge in [-0.3, -0.25) is 9.80 Å². The van der Waals surface area contributed by atoms with Crippen LogP contribution in [0.1, 0.15) is 5.56 Å². The van der Waals surface area contributed by atoms with Gasteiger partial charge in [-0.2, -0.15) is 0 Å². The maximum Gasteiger partial charge on any atom is 0.253 e. The topological polar surface area (TPSA) is 81.6 Å². The Morgan fingerprint density at radius 1 is 1.59 bits per heavy atom. The van der Waals surface area contributed by atoms with Gasteiger partial charge in [0.15, 0.2) is 0 Å². The zero-order valence-electron chi connectivity index (χ0n) is 9.81. The summed E-state index contributed by atoms with van der Waals surface area (Å²) in [4.78, 5) is 11.5. The number of amides is 1. The lowest BCUT2D eigenvalue weighted by Crippen LogP contribution is -2.46. The summed E-state index contributed by atoms with van der Waals surface area (Å²) in [6.07, 6.45) is 0.337. The fraction of sp³-hybridized carbons (Fsp3) is 0.364. The van der Waals surface area contributed by atoms with Crippen molar-refractivity contribution in [3.05, 3.63) is 28.8 Å². The molecular formula is C11H16ClN3O2. The molecule has 0 spiro atoms. The van der Waals surface area contributed by atoms with E-state index in [2.05, 4.69) is 0 Å². The predicted octanol–water partition coefficient (Wildman–Crippen LogP) is 0.551. The number of carbonyl (C=O) groups excluding carboxylic acids is 1. The van der Waals surface area contributed by atoms with Crippen LogP contribution in [0.25, 0.3) is 0 Å². The van der Waals surface area contributed by atoms with Gasteiger partial charge in [-0.25, -0.2) is 5.84 Å². The van der Waals surface area contributed by atoms with Crippen LogP contribution in [0.5, 0.6) is 5.75 Å². The third kappa shape index (κ3) is 3.59. The van der Waals surface area contributed by atoms with E-state index in [0.29, 0.717) is 17.2 Å². The van der Waals surface area contributed by atoms with Crippen LogP contribution in [0, 0.1) is 0 Å². The van der Waals surface area contributed by atoms with Crippen molar-refractivity contribution >= 4 is 17.5 Å². The average Bonchev–Trinajstić information content (AvgIpc) is 2.30. The Labute approximate surface area is 105 Å². The highest BCUT2D eigenvalue weighted by molar-refractivity contribution is 6.31. The summed E-state index contributed by atoms with van der Waals surface area (Å²) in [6, 6.07) is 4.53. The van der Waals surface area contributed by atoms with Gasteiger partial charge in [0.25, 0.3) is 5.91 Å². The summed E-state index contributed by atoms with van der Waals surface area (Å²) in [7, 11) is 3.02. The molecule has 0 saturated carbocycles. The molecule has 0 fully saturated rings. The minimum atomic E-state index is -0.698. The van der Waals surface area contributed by atoms with Gasteiger partial charge in [0, 0.05) is 12.1 Å². The normalized spacial score (nSPS) is 12.1. The number of nitrogens with two attached hydrogens (primary N) is 2. The summed E-state index contributed by atoms with van der Waals surface area (Å²) in [5.41, 5.74) is 6.52. The van der Waals surface area contributed by atoms with E-state index in [4.69, 9.17) is 27.9 Å². The van der Waals surface area contributed by atoms with E-state index in [1.165, 1.54) is 7.05 Å². The van der Waals surface area contributed by atoms with E-state index in [1.807, 2.05) is 0 Å². The first-order valence-corrected chi connectivity index (χ1v) is 5.43. The number of hydrogen-bond donors (Lipinski definition) is 2. The van der Waals surface area contributed by atoms with Crippen molar-refractivity contribution in [1.29, 1.82) is 0 Å². The van der Waals surface area contributed by atoms with Crippen molar-refractivity contribution in [3.63, 3.8) is 0 Å². The zero-order valence-corrected chi connectivity index (χ0v) is 10.6. The number of methoxy groups -OCH3 is 1. The molecule has 0 heterocycles. The van der Waals surface area contributed by atoms with Crippen LogP contribution in [0.15, 0.2) is 18.2 Å². The summed E-state index contributed by atoms with van der Waals surface area (Å²) in [5.74, 6) is 5.65. The van der Waals surface area contributed by atoms with Crippen LogP contribution >= 0.6 is 11.6 Å². The van der Waals surface area contributed by atoms with Crippen molar-refractivity contribution in [2.24, 2.45) is 11.6 Å². The van der Waals surface area contributed by atoms with Gasteiger partial charge in [-0.1, -0.05) is 17.7 Å². The number of halogens is 1. The summed E-state index contributed by atoms with van der Waals surface area (Å²) >= 11 is 6.04. The lowest BCUT2D eigenvalue weighted by molar-refractivity contribution is -0.131. The van der Waals surface area contributed by atoms with Crippen molar-refractivity contribution < 1.29 is 9.53 Å². The number of ether oxygens (including phenoxy) is 1. The molecule has 0 aliphatic heterocycles. The minimum Gasteiger partial charge on any atom is -0.497 e. The molecule has 5 nitrogen and oxygen atoms in total. The fourth-order valence-electron chi connectivity index (χ4n) is 1.41. The Bertz CT molecular complexity index is 410. The molecular weight excluding hydrogens is 242 g/mol. The van der Waals surface area contributed by atoms with Gasteiger partial charge in [0.05, 0.1) is 13.2 Å². The molecule has 1 atom stereocenters. The Morgan fingerprint density at radius 3 is 2.71 bits per heavy atom. The van der Waals surface area contributed by atoms with E-state index >= 15 is 0 Å². The molecule has 0 saturated heterocycles. The van der Waals surface area contributed by atoms with Crippen molar-refractivity contribution in [1.82, 2.24) is 5.01 Å². The molecule has 17 heavy (non-hydrogen) atoms. The molecule has 1 rings (SSSR count). The molecule has 1 aromatic carbocycles. The van der Waals surface area contributed by atoms with Gasteiger partial charge in [-0.15, -0.1) is 0 Å². The first kappa shape index (κ1) is 13.8. The molecule has 0 aromatic heterocycles. The second-order valence-corrected chi connectivity index (χ2v) is 4.12. The van der Waals surface area contributed by atoms with Crippen LogP contribution in [-0.2, 0) is 11.2 Å². The van der Waals surface area contributed by atoms with Gasteiger partial charge in [0.1, 0.15) is 5.75 Å². The van der Waals surface area contributed by atoms with E-state index < -0.39 is 6.04 Å². The van der Waals surface area contributed by atoms with Gasteiger partial charge in [0.2, 0.25) is 0 Å². The highest BCUT2D eigenvalue weighted by Gasteiger charge is 2.17. The monoisotopic (exact) mass is 257 g/mol. The molecule has 1 amide bonds. The van der Waals surface area contributed by atoms with Crippen LogP contribution in [0.3, 0.4) is 0 Å². The van der Waals surface area contributed by atoms with Gasteiger partial charge < -0.3 is 10.5 Å². The van der Waals surface area contributed by atoms with Gasteiger partial charge in [-0.05, 0) is 24.1 Å². The van der Waals surface area contributed by atoms with Crippen LogP contribution < -0.4 is 16.3 Å². The summed E-state index contributed by atoms with van der Waals surface area (Å²) in [6.45, 7) is 0. The summed E-state index contributed by atoms with van der Waals surface area (Å²) < 4.78 is 5.03. The molecule has 94 valence electrons. The zero-order chi connectivity index (χ0) is 13.0. The number of nitrogens with zero attached hydrogens (tertiary/aromatic N) is 1. The second kappa shape index (κ2) is 5.86. The molecule has 4 N–H and O–H groups in total. The molecule has 0 bridgehead atoms. The van der Waals surface area contributed by atoms with Crippen molar-refractivity contribution in [3.8, 4) is 5.75 Å². The molecule has 0 aliphatic carbocycles. The van der Waals surface area contributed by atoms with Crippen LogP contribution in [-0.4, -0.2) is 31.1 Å². The van der Waals surface area contributed by atoms with Crippen molar-refractivity contribution in [2.45, 2.75) is 12.5 Å². The SMILES string of the molecule is COc1ccc(CC(N)C(=O)N(C)N)c(Cl)c1. The third-order valence-electron chi connectivity index (χ3n) is 2.36. The molecule has 0 aliphatic rings. The Kier molecular flexibility index (Phi) is 4.74. The Morgan fingerprint density at radius 2 is 2.24 bits per heavy atom. The highest BCUT2D eigenvalue weighted by atomic mass is 35.5. The van der Waals surface area contributed by atoms with E-state index in [9.17, 15) is 4.79 Å². The standard InChI is InChI=1S/C11H16ClN3O2/c1-15(14)11(16)10(13)5-7-3-4-8(17-2)6-9(7)12/h3-4,6,10H,5,13-14H2,1-2H3. The van der Waals surface area contributed by atoms with E-state index in [0.717, 1.165) is 10.6 Å². The average molecular weight is 258 g/mol. The Hall–Kier alpha value is -1.30. The first-order chi connectivity index (χ1) is 7.95. The number of hydrazine groups is 1. The fourth-order valence-corrected chi connectivity index (χ4v) is 1.65. The van der Waals surface area contributed by atoms with Crippen molar-refractivity contribution in [2.75, 3.05) is 14.2 Å². The number of benzene rings is 1. The highest BCUT2D eigenvalue weighted by Crippen LogP contribution is 2.23. The second-order valence-electron chi connectivity index (χ2n) is 3.72. The quantitative estimate of drug-likeness (QED) is 0.469. The third-order valence-corrected chi connectivity index (χ3v) is 2.72. The summed E-state index contributed by atoms with van der Waals surface area (Å²) in [5, 5.41) is 1.49. The number of carbonyl (C=O) groups is 1. The molecule has 1 unspecified atom stereocenters. The van der Waals surface area contributed by atoms with Crippen LogP contribution in [0.4, 0.5) is 0 Å². The number of rotatable bonds is 4. The van der Waals surface area contributed by atoms with Gasteiger partial charge >= 0.3 is 0 Å². The van der Waals surface area contributed by atoms with E-state index in [1.54, 1.807) is 25.3 Å². The predicted molar refractivity (Wildman–Crippen MR) is 66.6 cm³/mol. The molecule has 6 heteroatoms. The Balaban J connectivity index is 2.78. The maximum atomic E-state index is 11.5. The number of hydrogen-bond acceptors (Lipinski definition) is 4. The largest absolute Gasteiger partial charge is 0.497 e. The molecule has 0 radical (unpaired) electrons. The lowest BCUT2D eigenvalue weighted by Gasteiger charge is -2.17. The maximum absolute atomic E-state index is 11.5. The molecule has 1 aromatic rings. The lowest BCUT2D eigenvalue weighted by atomic mass is 10.1.